The third kappa shape index (κ3) is 4.52. The molecule has 0 bridgehead atoms. The number of sulfonamides is 1. The molecule has 2 fully saturated rings. The van der Waals surface area contributed by atoms with E-state index in [1.165, 1.54) is 28.5 Å². The summed E-state index contributed by atoms with van der Waals surface area (Å²) < 4.78 is 27.5. The molecule has 1 aromatic rings. The first-order chi connectivity index (χ1) is 12.8. The molecule has 3 rings (SSSR count). The van der Waals surface area contributed by atoms with Crippen LogP contribution in [-0.2, 0) is 14.8 Å². The smallest absolute Gasteiger partial charge is 0.277 e. The molecule has 1 aromatic carbocycles. The third-order valence-electron chi connectivity index (χ3n) is 6.00. The molecule has 150 valence electrons. The number of aryl methyl sites for hydroxylation is 2. The summed E-state index contributed by atoms with van der Waals surface area (Å²) >= 11 is 0. The van der Waals surface area contributed by atoms with E-state index >= 15 is 0 Å². The molecule has 0 saturated carbocycles. The molecule has 6 nitrogen and oxygen atoms in total. The van der Waals surface area contributed by atoms with Crippen LogP contribution in [0.25, 0.3) is 0 Å². The zero-order valence-corrected chi connectivity index (χ0v) is 17.5. The molecule has 0 spiro atoms. The standard InChI is InChI=1S/C20H31N3O3S/c1-16-7-8-19(17(2)14-16)27(25,26)23-12-10-21(11-13-23)20(24)15-22-9-5-4-6-18(22)3/h7-8,14,18H,4-6,9-13,15H2,1-3H3/p+1/t18-/m1/s1. The molecule has 0 aromatic heterocycles. The number of rotatable bonds is 4. The minimum absolute atomic E-state index is 0.155. The number of piperidine rings is 1. The zero-order chi connectivity index (χ0) is 19.6. The van der Waals surface area contributed by atoms with Gasteiger partial charge in [0.2, 0.25) is 10.0 Å². The molecule has 0 aliphatic carbocycles. The Morgan fingerprint density at radius 2 is 1.85 bits per heavy atom. The number of carbonyl (C=O) groups is 1. The summed E-state index contributed by atoms with van der Waals surface area (Å²) in [5.74, 6) is 0.155. The minimum atomic E-state index is -3.50. The van der Waals surface area contributed by atoms with Crippen LogP contribution in [0.2, 0.25) is 0 Å². The van der Waals surface area contributed by atoms with E-state index in [1.807, 2.05) is 30.9 Å². The molecule has 2 heterocycles. The summed E-state index contributed by atoms with van der Waals surface area (Å²) in [6.07, 6.45) is 3.63. The van der Waals surface area contributed by atoms with Crippen LogP contribution < -0.4 is 4.90 Å². The maximum atomic E-state index is 13.0. The van der Waals surface area contributed by atoms with Gasteiger partial charge in [-0.15, -0.1) is 0 Å². The highest BCUT2D eigenvalue weighted by molar-refractivity contribution is 7.89. The van der Waals surface area contributed by atoms with Crippen LogP contribution in [0.15, 0.2) is 23.1 Å². The SMILES string of the molecule is Cc1ccc(S(=O)(=O)N2CCN(C(=O)C[NH+]3CCCC[C@H]3C)CC2)c(C)c1. The summed E-state index contributed by atoms with van der Waals surface area (Å²) in [6.45, 7) is 9.30. The number of nitrogens with zero attached hydrogens (tertiary/aromatic N) is 2. The molecule has 0 radical (unpaired) electrons. The second-order valence-electron chi connectivity index (χ2n) is 8.04. The highest BCUT2D eigenvalue weighted by atomic mass is 32.2. The number of hydrogen-bond donors (Lipinski definition) is 1. The van der Waals surface area contributed by atoms with Gasteiger partial charge >= 0.3 is 0 Å². The van der Waals surface area contributed by atoms with Crippen molar-refractivity contribution in [1.82, 2.24) is 9.21 Å². The molecular weight excluding hydrogens is 362 g/mol. The Balaban J connectivity index is 1.60. The maximum absolute atomic E-state index is 13.0. The lowest BCUT2D eigenvalue weighted by Crippen LogP contribution is -3.17. The van der Waals surface area contributed by atoms with E-state index in [0.717, 1.165) is 17.7 Å². The fourth-order valence-corrected chi connectivity index (χ4v) is 5.86. The molecule has 1 unspecified atom stereocenters. The predicted molar refractivity (Wildman–Crippen MR) is 105 cm³/mol. The average Bonchev–Trinajstić information content (AvgIpc) is 2.63. The van der Waals surface area contributed by atoms with E-state index < -0.39 is 10.0 Å². The number of nitrogens with one attached hydrogen (secondary N) is 1. The first-order valence-corrected chi connectivity index (χ1v) is 11.4. The van der Waals surface area contributed by atoms with Gasteiger partial charge in [0.1, 0.15) is 0 Å². The van der Waals surface area contributed by atoms with Gasteiger partial charge in [-0.05, 0) is 51.7 Å². The number of carbonyl (C=O) groups excluding carboxylic acids is 1. The monoisotopic (exact) mass is 394 g/mol. The third-order valence-corrected chi connectivity index (χ3v) is 8.06. The Morgan fingerprint density at radius 3 is 2.48 bits per heavy atom. The Bertz CT molecular complexity index is 786. The minimum Gasteiger partial charge on any atom is -0.335 e. The van der Waals surface area contributed by atoms with Gasteiger partial charge in [-0.2, -0.15) is 4.31 Å². The van der Waals surface area contributed by atoms with E-state index in [-0.39, 0.29) is 5.91 Å². The van der Waals surface area contributed by atoms with Crippen molar-refractivity contribution >= 4 is 15.9 Å². The maximum Gasteiger partial charge on any atom is 0.277 e. The fraction of sp³-hybridized carbons (Fsp3) is 0.650. The molecule has 2 aliphatic rings. The van der Waals surface area contributed by atoms with Crippen molar-refractivity contribution in [3.8, 4) is 0 Å². The van der Waals surface area contributed by atoms with Crippen molar-refractivity contribution in [2.24, 2.45) is 0 Å². The van der Waals surface area contributed by atoms with Crippen LogP contribution in [0.4, 0.5) is 0 Å². The van der Waals surface area contributed by atoms with Gasteiger partial charge in [-0.25, -0.2) is 8.42 Å². The van der Waals surface area contributed by atoms with Crippen molar-refractivity contribution in [2.45, 2.75) is 51.0 Å². The van der Waals surface area contributed by atoms with Crippen LogP contribution in [0.1, 0.15) is 37.3 Å². The summed E-state index contributed by atoms with van der Waals surface area (Å²) in [5, 5.41) is 0. The predicted octanol–water partition coefficient (Wildman–Crippen LogP) is 0.594. The number of piperazine rings is 1. The lowest BCUT2D eigenvalue weighted by molar-refractivity contribution is -0.921. The molecule has 1 N–H and O–H groups in total. The van der Waals surface area contributed by atoms with Crippen molar-refractivity contribution in [2.75, 3.05) is 39.3 Å². The summed E-state index contributed by atoms with van der Waals surface area (Å²) in [6, 6.07) is 5.96. The molecule has 2 aliphatic heterocycles. The summed E-state index contributed by atoms with van der Waals surface area (Å²) in [7, 11) is -3.50. The fourth-order valence-electron chi connectivity index (χ4n) is 4.23. The Hall–Kier alpha value is -1.44. The molecule has 27 heavy (non-hydrogen) atoms. The van der Waals surface area contributed by atoms with E-state index in [0.29, 0.717) is 43.7 Å². The van der Waals surface area contributed by atoms with Gasteiger partial charge in [0.05, 0.1) is 17.5 Å². The largest absolute Gasteiger partial charge is 0.335 e. The number of likely N-dealkylation sites (tertiary alicyclic amines) is 1. The van der Waals surface area contributed by atoms with E-state index in [4.69, 9.17) is 0 Å². The lowest BCUT2D eigenvalue weighted by atomic mass is 10.0. The van der Waals surface area contributed by atoms with Crippen molar-refractivity contribution in [3.63, 3.8) is 0 Å². The lowest BCUT2D eigenvalue weighted by Gasteiger charge is -2.36. The first kappa shape index (κ1) is 20.3. The normalized spacial score (nSPS) is 24.8. The van der Waals surface area contributed by atoms with Gasteiger partial charge in [-0.3, -0.25) is 4.79 Å². The quantitative estimate of drug-likeness (QED) is 0.813. The van der Waals surface area contributed by atoms with Gasteiger partial charge < -0.3 is 9.80 Å². The van der Waals surface area contributed by atoms with E-state index in [2.05, 4.69) is 6.92 Å². The van der Waals surface area contributed by atoms with Crippen molar-refractivity contribution < 1.29 is 18.1 Å². The molecule has 2 atom stereocenters. The Labute approximate surface area is 163 Å². The van der Waals surface area contributed by atoms with Crippen LogP contribution in [0.3, 0.4) is 0 Å². The number of benzene rings is 1. The average molecular weight is 395 g/mol. The van der Waals surface area contributed by atoms with Crippen LogP contribution in [0, 0.1) is 13.8 Å². The molecule has 2 saturated heterocycles. The highest BCUT2D eigenvalue weighted by Crippen LogP contribution is 2.22. The molecular formula is C20H32N3O3S+. The van der Waals surface area contributed by atoms with Gasteiger partial charge in [0, 0.05) is 26.2 Å². The van der Waals surface area contributed by atoms with Gasteiger partial charge in [0.25, 0.3) is 5.91 Å². The summed E-state index contributed by atoms with van der Waals surface area (Å²) in [5.41, 5.74) is 1.83. The number of quaternary nitrogens is 1. The number of hydrogen-bond acceptors (Lipinski definition) is 3. The zero-order valence-electron chi connectivity index (χ0n) is 16.7. The van der Waals surface area contributed by atoms with Crippen LogP contribution in [-0.4, -0.2) is 68.8 Å². The second-order valence-corrected chi connectivity index (χ2v) is 9.94. The molecule has 7 heteroatoms. The summed E-state index contributed by atoms with van der Waals surface area (Å²) in [4.78, 5) is 16.2. The second kappa shape index (κ2) is 8.29. The topological polar surface area (TPSA) is 62.1 Å². The van der Waals surface area contributed by atoms with Gasteiger partial charge in [0.15, 0.2) is 6.54 Å². The van der Waals surface area contributed by atoms with Crippen LogP contribution in [0.5, 0.6) is 0 Å². The highest BCUT2D eigenvalue weighted by Gasteiger charge is 2.33. The van der Waals surface area contributed by atoms with Crippen molar-refractivity contribution in [3.05, 3.63) is 29.3 Å². The van der Waals surface area contributed by atoms with Crippen LogP contribution >= 0.6 is 0 Å². The molecule has 1 amide bonds. The number of amides is 1. The Morgan fingerprint density at radius 1 is 1.15 bits per heavy atom. The van der Waals surface area contributed by atoms with E-state index in [9.17, 15) is 13.2 Å². The van der Waals surface area contributed by atoms with Crippen molar-refractivity contribution in [1.29, 1.82) is 0 Å². The Kier molecular flexibility index (Phi) is 6.23. The van der Waals surface area contributed by atoms with Gasteiger partial charge in [-0.1, -0.05) is 17.7 Å². The first-order valence-electron chi connectivity index (χ1n) is 9.99. The van der Waals surface area contributed by atoms with E-state index in [1.54, 1.807) is 6.07 Å².